The van der Waals surface area contributed by atoms with Gasteiger partial charge >= 0.3 is 0 Å². The molecular weight excluding hydrogens is 388 g/mol. The molecule has 6 heteroatoms. The summed E-state index contributed by atoms with van der Waals surface area (Å²) in [6.45, 7) is 8.30. The van der Waals surface area contributed by atoms with E-state index < -0.39 is 0 Å². The Morgan fingerprint density at radius 3 is 2.65 bits per heavy atom. The van der Waals surface area contributed by atoms with Crippen molar-refractivity contribution in [2.45, 2.75) is 33.2 Å². The summed E-state index contributed by atoms with van der Waals surface area (Å²) in [6, 6.07) is 18.3. The van der Waals surface area contributed by atoms with Gasteiger partial charge in [0.15, 0.2) is 5.96 Å². The van der Waals surface area contributed by atoms with Gasteiger partial charge in [0.1, 0.15) is 5.75 Å². The van der Waals surface area contributed by atoms with Crippen molar-refractivity contribution in [2.75, 3.05) is 32.8 Å². The van der Waals surface area contributed by atoms with Crippen LogP contribution in [0.4, 0.5) is 0 Å². The highest BCUT2D eigenvalue weighted by Crippen LogP contribution is 2.19. The Kier molecular flexibility index (Phi) is 8.76. The van der Waals surface area contributed by atoms with Crippen molar-refractivity contribution < 1.29 is 9.53 Å². The second-order valence-electron chi connectivity index (χ2n) is 7.76. The predicted octanol–water partition coefficient (Wildman–Crippen LogP) is 3.23. The molecule has 0 aliphatic carbocycles. The SMILES string of the molecule is CCNC(=NCc1ccccc1OCC)NCC1CC(=O)N(CCc2ccccc2)C1. The quantitative estimate of drug-likeness (QED) is 0.456. The molecular formula is C25H34N4O2. The van der Waals surface area contributed by atoms with Crippen LogP contribution in [-0.4, -0.2) is 49.6 Å². The molecule has 0 saturated carbocycles. The number of hydrogen-bond donors (Lipinski definition) is 2. The van der Waals surface area contributed by atoms with Gasteiger partial charge in [0.05, 0.1) is 13.2 Å². The number of rotatable bonds is 10. The molecule has 166 valence electrons. The molecule has 2 aromatic carbocycles. The van der Waals surface area contributed by atoms with Crippen LogP contribution in [0, 0.1) is 5.92 Å². The number of benzene rings is 2. The van der Waals surface area contributed by atoms with Gasteiger partial charge in [-0.15, -0.1) is 0 Å². The van der Waals surface area contributed by atoms with Gasteiger partial charge in [0, 0.05) is 44.1 Å². The number of likely N-dealkylation sites (tertiary alicyclic amines) is 1. The third-order valence-electron chi connectivity index (χ3n) is 5.39. The average molecular weight is 423 g/mol. The summed E-state index contributed by atoms with van der Waals surface area (Å²) in [7, 11) is 0. The fraction of sp³-hybridized carbons (Fsp3) is 0.440. The van der Waals surface area contributed by atoms with Crippen LogP contribution in [0.15, 0.2) is 59.6 Å². The number of hydrogen-bond acceptors (Lipinski definition) is 3. The highest BCUT2D eigenvalue weighted by atomic mass is 16.5. The number of para-hydroxylation sites is 1. The highest BCUT2D eigenvalue weighted by molar-refractivity contribution is 5.81. The lowest BCUT2D eigenvalue weighted by Crippen LogP contribution is -2.40. The van der Waals surface area contributed by atoms with Gasteiger partial charge < -0.3 is 20.3 Å². The summed E-state index contributed by atoms with van der Waals surface area (Å²) in [4.78, 5) is 19.1. The van der Waals surface area contributed by atoms with Crippen molar-refractivity contribution >= 4 is 11.9 Å². The monoisotopic (exact) mass is 422 g/mol. The highest BCUT2D eigenvalue weighted by Gasteiger charge is 2.29. The molecule has 1 aliphatic heterocycles. The average Bonchev–Trinajstić information content (AvgIpc) is 3.15. The minimum Gasteiger partial charge on any atom is -0.494 e. The maximum Gasteiger partial charge on any atom is 0.223 e. The second kappa shape index (κ2) is 12.0. The minimum atomic E-state index is 0.246. The minimum absolute atomic E-state index is 0.246. The lowest BCUT2D eigenvalue weighted by Gasteiger charge is -2.18. The van der Waals surface area contributed by atoms with E-state index >= 15 is 0 Å². The zero-order valence-corrected chi connectivity index (χ0v) is 18.6. The summed E-state index contributed by atoms with van der Waals surface area (Å²) in [6.07, 6.45) is 1.49. The van der Waals surface area contributed by atoms with Crippen LogP contribution in [0.25, 0.3) is 0 Å². The van der Waals surface area contributed by atoms with E-state index in [-0.39, 0.29) is 5.91 Å². The Morgan fingerprint density at radius 2 is 1.87 bits per heavy atom. The number of nitrogens with zero attached hydrogens (tertiary/aromatic N) is 2. The third kappa shape index (κ3) is 7.02. The molecule has 1 amide bonds. The molecule has 0 radical (unpaired) electrons. The Bertz CT molecular complexity index is 854. The number of aliphatic imine (C=N–C) groups is 1. The van der Waals surface area contributed by atoms with Crippen molar-refractivity contribution in [3.8, 4) is 5.75 Å². The fourth-order valence-electron chi connectivity index (χ4n) is 3.79. The first-order valence-corrected chi connectivity index (χ1v) is 11.2. The lowest BCUT2D eigenvalue weighted by molar-refractivity contribution is -0.127. The standard InChI is InChI=1S/C25H34N4O2/c1-3-26-25(28-18-22-12-8-9-13-23(22)31-4-2)27-17-21-16-24(30)29(19-21)15-14-20-10-6-5-7-11-20/h5-13,21H,3-4,14-19H2,1-2H3,(H2,26,27,28). The molecule has 0 aromatic heterocycles. The van der Waals surface area contributed by atoms with E-state index in [2.05, 4.69) is 29.7 Å². The van der Waals surface area contributed by atoms with Crippen LogP contribution in [0.5, 0.6) is 5.75 Å². The van der Waals surface area contributed by atoms with E-state index in [1.807, 2.05) is 54.3 Å². The van der Waals surface area contributed by atoms with Crippen LogP contribution < -0.4 is 15.4 Å². The predicted molar refractivity (Wildman–Crippen MR) is 125 cm³/mol. The molecule has 1 atom stereocenters. The second-order valence-corrected chi connectivity index (χ2v) is 7.76. The van der Waals surface area contributed by atoms with Crippen molar-refractivity contribution in [1.29, 1.82) is 0 Å². The summed E-state index contributed by atoms with van der Waals surface area (Å²) in [5, 5.41) is 6.72. The molecule has 0 bridgehead atoms. The van der Waals surface area contributed by atoms with Crippen molar-refractivity contribution in [3.63, 3.8) is 0 Å². The Morgan fingerprint density at radius 1 is 1.10 bits per heavy atom. The van der Waals surface area contributed by atoms with Crippen LogP contribution in [0.2, 0.25) is 0 Å². The number of nitrogens with one attached hydrogen (secondary N) is 2. The van der Waals surface area contributed by atoms with Gasteiger partial charge in [-0.05, 0) is 31.9 Å². The van der Waals surface area contributed by atoms with E-state index in [1.165, 1.54) is 5.56 Å². The molecule has 1 saturated heterocycles. The van der Waals surface area contributed by atoms with Gasteiger partial charge in [-0.2, -0.15) is 0 Å². The van der Waals surface area contributed by atoms with E-state index in [9.17, 15) is 4.79 Å². The molecule has 2 aromatic rings. The molecule has 1 aliphatic rings. The van der Waals surface area contributed by atoms with Gasteiger partial charge in [-0.3, -0.25) is 4.79 Å². The lowest BCUT2D eigenvalue weighted by atomic mass is 10.1. The first-order chi connectivity index (χ1) is 15.2. The number of carbonyl (C=O) groups is 1. The smallest absolute Gasteiger partial charge is 0.223 e. The van der Waals surface area contributed by atoms with E-state index in [0.717, 1.165) is 49.9 Å². The molecule has 3 rings (SSSR count). The van der Waals surface area contributed by atoms with Gasteiger partial charge in [0.2, 0.25) is 5.91 Å². The van der Waals surface area contributed by atoms with Gasteiger partial charge in [-0.25, -0.2) is 4.99 Å². The molecule has 0 spiro atoms. The normalized spacial score (nSPS) is 16.5. The van der Waals surface area contributed by atoms with Gasteiger partial charge in [-0.1, -0.05) is 48.5 Å². The topological polar surface area (TPSA) is 66.0 Å². The molecule has 1 fully saturated rings. The summed E-state index contributed by atoms with van der Waals surface area (Å²) in [5.74, 6) is 2.18. The van der Waals surface area contributed by atoms with E-state index in [0.29, 0.717) is 25.5 Å². The summed E-state index contributed by atoms with van der Waals surface area (Å²) >= 11 is 0. The third-order valence-corrected chi connectivity index (χ3v) is 5.39. The molecule has 1 unspecified atom stereocenters. The zero-order valence-electron chi connectivity index (χ0n) is 18.6. The number of ether oxygens (including phenoxy) is 1. The number of amides is 1. The Hall–Kier alpha value is -3.02. The number of carbonyl (C=O) groups excluding carboxylic acids is 1. The Balaban J connectivity index is 1.50. The fourth-order valence-corrected chi connectivity index (χ4v) is 3.79. The number of guanidine groups is 1. The Labute approximate surface area is 185 Å². The van der Waals surface area contributed by atoms with Crippen LogP contribution >= 0.6 is 0 Å². The molecule has 31 heavy (non-hydrogen) atoms. The summed E-state index contributed by atoms with van der Waals surface area (Å²) < 4.78 is 5.70. The van der Waals surface area contributed by atoms with E-state index in [1.54, 1.807) is 0 Å². The van der Waals surface area contributed by atoms with Crippen LogP contribution in [0.1, 0.15) is 31.4 Å². The summed E-state index contributed by atoms with van der Waals surface area (Å²) in [5.41, 5.74) is 2.33. The van der Waals surface area contributed by atoms with Gasteiger partial charge in [0.25, 0.3) is 0 Å². The van der Waals surface area contributed by atoms with Crippen molar-refractivity contribution in [3.05, 3.63) is 65.7 Å². The first kappa shape index (κ1) is 22.7. The zero-order chi connectivity index (χ0) is 21.9. The largest absolute Gasteiger partial charge is 0.494 e. The van der Waals surface area contributed by atoms with Crippen molar-refractivity contribution in [1.82, 2.24) is 15.5 Å². The van der Waals surface area contributed by atoms with E-state index in [4.69, 9.17) is 9.73 Å². The maximum absolute atomic E-state index is 12.4. The van der Waals surface area contributed by atoms with Crippen LogP contribution in [-0.2, 0) is 17.8 Å². The maximum atomic E-state index is 12.4. The van der Waals surface area contributed by atoms with Crippen LogP contribution in [0.3, 0.4) is 0 Å². The first-order valence-electron chi connectivity index (χ1n) is 11.2. The molecule has 1 heterocycles. The van der Waals surface area contributed by atoms with Crippen molar-refractivity contribution in [2.24, 2.45) is 10.9 Å². The molecule has 2 N–H and O–H groups in total. The molecule has 6 nitrogen and oxygen atoms in total.